The van der Waals surface area contributed by atoms with E-state index in [1.54, 1.807) is 17.7 Å². The summed E-state index contributed by atoms with van der Waals surface area (Å²) in [4.78, 5) is 23.8. The Balaban J connectivity index is 1.31. The van der Waals surface area contributed by atoms with Gasteiger partial charge in [0.15, 0.2) is 6.61 Å². The first-order chi connectivity index (χ1) is 14.2. The largest absolute Gasteiger partial charge is 0.467 e. The normalized spacial score (nSPS) is 20.7. The zero-order chi connectivity index (χ0) is 19.8. The van der Waals surface area contributed by atoms with Crippen LogP contribution >= 0.6 is 11.3 Å². The Morgan fingerprint density at radius 2 is 2.14 bits per heavy atom. The fraction of sp³-hybridized carbons (Fsp3) is 0.435. The summed E-state index contributed by atoms with van der Waals surface area (Å²) < 4.78 is 5.91. The highest BCUT2D eigenvalue weighted by atomic mass is 32.1. The second kappa shape index (κ2) is 7.75. The van der Waals surface area contributed by atoms with Gasteiger partial charge in [0.25, 0.3) is 5.91 Å². The molecule has 5 nitrogen and oxygen atoms in total. The van der Waals surface area contributed by atoms with Crippen LogP contribution in [0.15, 0.2) is 30.6 Å². The number of ether oxygens (including phenoxy) is 1. The van der Waals surface area contributed by atoms with Gasteiger partial charge in [-0.2, -0.15) is 0 Å². The summed E-state index contributed by atoms with van der Waals surface area (Å²) in [6.07, 6.45) is 7.99. The Morgan fingerprint density at radius 3 is 3.07 bits per heavy atom. The third-order valence-electron chi connectivity index (χ3n) is 6.10. The van der Waals surface area contributed by atoms with Gasteiger partial charge in [0.2, 0.25) is 5.88 Å². The van der Waals surface area contributed by atoms with Gasteiger partial charge in [-0.25, -0.2) is 9.97 Å². The molecule has 2 aromatic heterocycles. The average Bonchev–Trinajstić information content (AvgIpc) is 3.10. The van der Waals surface area contributed by atoms with Gasteiger partial charge >= 0.3 is 0 Å². The molecule has 2 aliphatic carbocycles. The molecule has 1 amide bonds. The quantitative estimate of drug-likeness (QED) is 0.697. The summed E-state index contributed by atoms with van der Waals surface area (Å²) in [6, 6.07) is 8.44. The van der Waals surface area contributed by atoms with Crippen LogP contribution in [-0.2, 0) is 24.1 Å². The van der Waals surface area contributed by atoms with Gasteiger partial charge in [0.1, 0.15) is 11.2 Å². The van der Waals surface area contributed by atoms with Gasteiger partial charge in [-0.1, -0.05) is 31.2 Å². The summed E-state index contributed by atoms with van der Waals surface area (Å²) in [6.45, 7) is 2.27. The van der Waals surface area contributed by atoms with E-state index in [0.717, 1.165) is 42.3 Å². The molecule has 2 atom stereocenters. The predicted molar refractivity (Wildman–Crippen MR) is 114 cm³/mol. The Bertz CT molecular complexity index is 1060. The number of fused-ring (bicyclic) bond motifs is 4. The maximum absolute atomic E-state index is 12.6. The van der Waals surface area contributed by atoms with Crippen molar-refractivity contribution in [2.24, 2.45) is 5.92 Å². The molecule has 2 aliphatic rings. The zero-order valence-electron chi connectivity index (χ0n) is 16.6. The number of benzene rings is 1. The topological polar surface area (TPSA) is 64.1 Å². The van der Waals surface area contributed by atoms with E-state index in [2.05, 4.69) is 40.4 Å². The van der Waals surface area contributed by atoms with Gasteiger partial charge in [0.05, 0.1) is 11.4 Å². The van der Waals surface area contributed by atoms with E-state index in [1.807, 2.05) is 6.07 Å². The van der Waals surface area contributed by atoms with Gasteiger partial charge in [-0.15, -0.1) is 11.3 Å². The Morgan fingerprint density at radius 1 is 1.24 bits per heavy atom. The minimum atomic E-state index is -0.101. The first kappa shape index (κ1) is 18.6. The van der Waals surface area contributed by atoms with E-state index in [-0.39, 0.29) is 18.6 Å². The van der Waals surface area contributed by atoms with Crippen LogP contribution in [0.1, 0.15) is 53.8 Å². The number of amides is 1. The first-order valence-corrected chi connectivity index (χ1v) is 11.3. The van der Waals surface area contributed by atoms with Crippen LogP contribution in [0.5, 0.6) is 5.88 Å². The van der Waals surface area contributed by atoms with Gasteiger partial charge in [0, 0.05) is 4.88 Å². The van der Waals surface area contributed by atoms with Crippen molar-refractivity contribution in [3.8, 4) is 5.88 Å². The molecule has 0 aliphatic heterocycles. The van der Waals surface area contributed by atoms with Crippen molar-refractivity contribution in [1.29, 1.82) is 0 Å². The molecular weight excluding hydrogens is 382 g/mol. The van der Waals surface area contributed by atoms with E-state index >= 15 is 0 Å². The summed E-state index contributed by atoms with van der Waals surface area (Å²) in [5.74, 6) is 1.15. The lowest BCUT2D eigenvalue weighted by molar-refractivity contribution is -0.124. The number of carbonyl (C=O) groups excluding carboxylic acids is 1. The van der Waals surface area contributed by atoms with Crippen LogP contribution in [-0.4, -0.2) is 22.5 Å². The lowest BCUT2D eigenvalue weighted by Gasteiger charge is -2.26. The Labute approximate surface area is 174 Å². The summed E-state index contributed by atoms with van der Waals surface area (Å²) in [7, 11) is 0. The number of aryl methyl sites for hydroxylation is 2. The smallest absolute Gasteiger partial charge is 0.258 e. The second-order valence-corrected chi connectivity index (χ2v) is 9.29. The van der Waals surface area contributed by atoms with Gasteiger partial charge in [-0.3, -0.25) is 4.79 Å². The minimum absolute atomic E-state index is 0.0220. The number of thiophene rings is 1. The number of rotatable bonds is 4. The molecule has 1 N–H and O–H groups in total. The first-order valence-electron chi connectivity index (χ1n) is 10.4. The summed E-state index contributed by atoms with van der Waals surface area (Å²) >= 11 is 1.74. The number of carbonyl (C=O) groups is 1. The van der Waals surface area contributed by atoms with Crippen LogP contribution in [0, 0.1) is 5.92 Å². The number of hydrogen-bond donors (Lipinski definition) is 1. The molecule has 0 saturated carbocycles. The zero-order valence-corrected chi connectivity index (χ0v) is 17.4. The van der Waals surface area contributed by atoms with Crippen molar-refractivity contribution in [1.82, 2.24) is 15.3 Å². The third kappa shape index (κ3) is 3.62. The van der Waals surface area contributed by atoms with Crippen LogP contribution in [0.4, 0.5) is 0 Å². The molecule has 2 heterocycles. The molecule has 0 bridgehead atoms. The highest BCUT2D eigenvalue weighted by Crippen LogP contribution is 2.40. The van der Waals surface area contributed by atoms with Gasteiger partial charge in [-0.05, 0) is 61.1 Å². The van der Waals surface area contributed by atoms with Crippen molar-refractivity contribution in [3.05, 3.63) is 52.2 Å². The van der Waals surface area contributed by atoms with E-state index in [9.17, 15) is 4.79 Å². The third-order valence-corrected chi connectivity index (χ3v) is 7.26. The molecule has 0 saturated heterocycles. The number of aromatic nitrogens is 2. The Kier molecular flexibility index (Phi) is 4.96. The van der Waals surface area contributed by atoms with Crippen LogP contribution in [0.2, 0.25) is 0 Å². The maximum Gasteiger partial charge on any atom is 0.258 e. The van der Waals surface area contributed by atoms with E-state index in [4.69, 9.17) is 4.74 Å². The molecule has 0 unspecified atom stereocenters. The molecule has 1 aromatic carbocycles. The van der Waals surface area contributed by atoms with E-state index in [0.29, 0.717) is 11.8 Å². The summed E-state index contributed by atoms with van der Waals surface area (Å²) in [5, 5.41) is 4.16. The van der Waals surface area contributed by atoms with Crippen molar-refractivity contribution in [2.45, 2.75) is 51.5 Å². The molecule has 29 heavy (non-hydrogen) atoms. The van der Waals surface area contributed by atoms with Crippen molar-refractivity contribution < 1.29 is 9.53 Å². The molecule has 5 rings (SSSR count). The molecule has 0 spiro atoms. The molecule has 6 heteroatoms. The van der Waals surface area contributed by atoms with Gasteiger partial charge < -0.3 is 10.1 Å². The van der Waals surface area contributed by atoms with Crippen LogP contribution in [0.25, 0.3) is 10.2 Å². The molecule has 0 fully saturated rings. The maximum atomic E-state index is 12.6. The van der Waals surface area contributed by atoms with Crippen molar-refractivity contribution >= 4 is 27.5 Å². The minimum Gasteiger partial charge on any atom is -0.467 e. The number of nitrogens with one attached hydrogen (secondary N) is 1. The highest BCUT2D eigenvalue weighted by Gasteiger charge is 2.25. The second-order valence-electron chi connectivity index (χ2n) is 8.21. The SMILES string of the molecule is C[C@H]1CCc2c(sc3ncnc(OCC(=O)N[C@H]4CCCc5ccccc54)c23)C1. The average molecular weight is 408 g/mol. The monoisotopic (exact) mass is 407 g/mol. The standard InChI is InChI=1S/C23H25N3O2S/c1-14-9-10-17-19(11-14)29-23-21(17)22(24-13-25-23)28-12-20(27)26-18-8-4-6-15-5-2-3-7-16(15)18/h2-3,5,7,13-14,18H,4,6,8-12H2,1H3,(H,26,27)/t14-,18-/m0/s1. The molecule has 150 valence electrons. The predicted octanol–water partition coefficient (Wildman–Crippen LogP) is 4.39. The fourth-order valence-electron chi connectivity index (χ4n) is 4.63. The van der Waals surface area contributed by atoms with E-state index < -0.39 is 0 Å². The fourth-order valence-corrected chi connectivity index (χ4v) is 5.97. The molecule has 3 aromatic rings. The number of hydrogen-bond acceptors (Lipinski definition) is 5. The van der Waals surface area contributed by atoms with Crippen molar-refractivity contribution in [3.63, 3.8) is 0 Å². The molecular formula is C23H25N3O2S. The van der Waals surface area contributed by atoms with Crippen molar-refractivity contribution in [2.75, 3.05) is 6.61 Å². The highest BCUT2D eigenvalue weighted by molar-refractivity contribution is 7.18. The van der Waals surface area contributed by atoms with Crippen LogP contribution < -0.4 is 10.1 Å². The lowest BCUT2D eigenvalue weighted by Crippen LogP contribution is -2.34. The number of nitrogens with zero attached hydrogens (tertiary/aromatic N) is 2. The van der Waals surface area contributed by atoms with Crippen LogP contribution in [0.3, 0.4) is 0 Å². The molecule has 0 radical (unpaired) electrons. The summed E-state index contributed by atoms with van der Waals surface area (Å²) in [5.41, 5.74) is 3.89. The lowest BCUT2D eigenvalue weighted by atomic mass is 9.88. The van der Waals surface area contributed by atoms with E-state index in [1.165, 1.54) is 28.0 Å². The Hall–Kier alpha value is -2.47.